The monoisotopic (exact) mass is 599 g/mol. The van der Waals surface area contributed by atoms with Gasteiger partial charge in [-0.1, -0.05) is 83.4 Å². The van der Waals surface area contributed by atoms with Crippen LogP contribution in [0.25, 0.3) is 0 Å². The summed E-state index contributed by atoms with van der Waals surface area (Å²) in [6.45, 7) is 11.2. The average Bonchev–Trinajstić information content (AvgIpc) is 2.95. The first kappa shape index (κ1) is 31.4. The lowest BCUT2D eigenvalue weighted by atomic mass is 10.0. The van der Waals surface area contributed by atoms with E-state index in [1.807, 2.05) is 71.9 Å². The maximum absolute atomic E-state index is 14.8. The molecule has 0 aliphatic carbocycles. The lowest BCUT2D eigenvalue weighted by Crippen LogP contribution is -2.58. The quantitative estimate of drug-likeness (QED) is 0.158. The van der Waals surface area contributed by atoms with Crippen molar-refractivity contribution in [2.24, 2.45) is 0 Å². The van der Waals surface area contributed by atoms with Gasteiger partial charge < -0.3 is 14.4 Å². The van der Waals surface area contributed by atoms with Gasteiger partial charge in [-0.3, -0.25) is 4.79 Å². The van der Waals surface area contributed by atoms with Crippen LogP contribution in [0.2, 0.25) is 0 Å². The number of para-hydroxylation sites is 2. The van der Waals surface area contributed by atoms with E-state index in [-0.39, 0.29) is 5.91 Å². The minimum Gasteiger partial charge on any atom is -0.414 e. The highest BCUT2D eigenvalue weighted by Crippen LogP contribution is 2.59. The van der Waals surface area contributed by atoms with Gasteiger partial charge in [-0.25, -0.2) is 19.8 Å². The molecule has 0 fully saturated rings. The molecule has 0 aliphatic heterocycles. The van der Waals surface area contributed by atoms with Crippen molar-refractivity contribution in [1.82, 2.24) is 15.8 Å². The van der Waals surface area contributed by atoms with E-state index in [0.29, 0.717) is 22.6 Å². The lowest BCUT2D eigenvalue weighted by Gasteiger charge is -2.36. The van der Waals surface area contributed by atoms with Crippen LogP contribution in [0.15, 0.2) is 103 Å². The van der Waals surface area contributed by atoms with Crippen LogP contribution in [0, 0.1) is 20.8 Å². The molecule has 43 heavy (non-hydrogen) atoms. The fourth-order valence-electron chi connectivity index (χ4n) is 4.48. The summed E-state index contributed by atoms with van der Waals surface area (Å²) in [5, 5.41) is 4.08. The van der Waals surface area contributed by atoms with E-state index >= 15 is 0 Å². The Kier molecular flexibility index (Phi) is 9.62. The second kappa shape index (κ2) is 13.2. The highest BCUT2D eigenvalue weighted by Gasteiger charge is 2.43. The van der Waals surface area contributed by atoms with Crippen molar-refractivity contribution < 1.29 is 23.2 Å². The van der Waals surface area contributed by atoms with Gasteiger partial charge in [0.2, 0.25) is 0 Å². The van der Waals surface area contributed by atoms with Gasteiger partial charge in [0.1, 0.15) is 11.5 Å². The number of benzene rings is 4. The van der Waals surface area contributed by atoms with Crippen molar-refractivity contribution in [3.63, 3.8) is 0 Å². The van der Waals surface area contributed by atoms with E-state index in [4.69, 9.17) is 9.05 Å². The Morgan fingerprint density at radius 1 is 0.721 bits per heavy atom. The predicted octanol–water partition coefficient (Wildman–Crippen LogP) is 8.12. The summed E-state index contributed by atoms with van der Waals surface area (Å²) >= 11 is 0. The summed E-state index contributed by atoms with van der Waals surface area (Å²) in [5.41, 5.74) is 5.69. The van der Waals surface area contributed by atoms with Gasteiger partial charge in [0.15, 0.2) is 5.78 Å². The van der Waals surface area contributed by atoms with Crippen LogP contribution in [0.4, 0.5) is 4.79 Å². The van der Waals surface area contributed by atoms with E-state index in [1.54, 1.807) is 72.8 Å². The molecule has 1 unspecified atom stereocenters. The molecule has 0 saturated heterocycles. The lowest BCUT2D eigenvalue weighted by molar-refractivity contribution is 0.0449. The Bertz CT molecular complexity index is 1540. The summed E-state index contributed by atoms with van der Waals surface area (Å²) < 4.78 is 27.0. The van der Waals surface area contributed by atoms with Gasteiger partial charge in [0, 0.05) is 5.56 Å². The molecule has 0 aliphatic rings. The average molecular weight is 600 g/mol. The molecular weight excluding hydrogens is 561 g/mol. The Labute approximate surface area is 253 Å². The number of urea groups is 1. The summed E-state index contributed by atoms with van der Waals surface area (Å²) in [7, 11) is -4.22. The summed E-state index contributed by atoms with van der Waals surface area (Å²) in [5.74, 6) is -1.01. The zero-order valence-electron chi connectivity index (χ0n) is 25.3. The molecule has 0 spiro atoms. The molecule has 224 valence electrons. The van der Waals surface area contributed by atoms with Gasteiger partial charge in [0.05, 0.1) is 5.54 Å². The number of nitrogens with zero attached hydrogens (tertiary/aromatic N) is 1. The van der Waals surface area contributed by atoms with Gasteiger partial charge in [-0.15, -0.1) is 0 Å². The second-order valence-corrected chi connectivity index (χ2v) is 13.4. The van der Waals surface area contributed by atoms with E-state index in [2.05, 4.69) is 10.7 Å². The van der Waals surface area contributed by atoms with Crippen LogP contribution in [-0.4, -0.2) is 22.5 Å². The maximum Gasteiger partial charge on any atom is 0.457 e. The maximum atomic E-state index is 14.8. The topological polar surface area (TPSA) is 97.0 Å². The van der Waals surface area contributed by atoms with Gasteiger partial charge >= 0.3 is 13.6 Å². The fraction of sp³-hybridized carbons (Fsp3) is 0.235. The molecule has 0 radical (unpaired) electrons. The molecule has 0 saturated carbocycles. The van der Waals surface area contributed by atoms with Crippen molar-refractivity contribution in [3.8, 4) is 11.5 Å². The van der Waals surface area contributed by atoms with E-state index < -0.39 is 24.9 Å². The number of hydrogen-bond acceptors (Lipinski definition) is 5. The van der Waals surface area contributed by atoms with Crippen molar-refractivity contribution in [2.75, 3.05) is 0 Å². The number of hydrazine groups is 1. The second-order valence-electron chi connectivity index (χ2n) is 11.4. The van der Waals surface area contributed by atoms with E-state index in [1.165, 1.54) is 5.01 Å². The van der Waals surface area contributed by atoms with Gasteiger partial charge in [-0.05, 0) is 83.5 Å². The first-order valence-electron chi connectivity index (χ1n) is 14.0. The minimum atomic E-state index is -4.22. The standard InChI is InChI=1S/C34H38N3O5P/c1-24-17-19-27(20-18-24)31(43(40,41-29-13-9-7-10-14-29)42-30-15-11-8-12-16-30)35-33(39)36-37(34(4,5)6)32(38)28-22-25(2)21-26(3)23-28/h7-23,31H,1-6H3,(H2,35,36,39). The molecule has 1 atom stereocenters. The van der Waals surface area contributed by atoms with Crippen LogP contribution in [-0.2, 0) is 4.57 Å². The molecule has 9 heteroatoms. The molecule has 0 heterocycles. The van der Waals surface area contributed by atoms with Crippen LogP contribution in [0.3, 0.4) is 0 Å². The number of nitrogens with one attached hydrogen (secondary N) is 2. The zero-order chi connectivity index (χ0) is 31.2. The molecule has 4 aromatic carbocycles. The third-order valence-electron chi connectivity index (χ3n) is 6.48. The van der Waals surface area contributed by atoms with Crippen LogP contribution in [0.1, 0.15) is 59.2 Å². The Balaban J connectivity index is 1.72. The van der Waals surface area contributed by atoms with Crippen LogP contribution >= 0.6 is 7.60 Å². The molecular formula is C34H38N3O5P. The van der Waals surface area contributed by atoms with Crippen LogP contribution in [0.5, 0.6) is 11.5 Å². The molecule has 8 nitrogen and oxygen atoms in total. The largest absolute Gasteiger partial charge is 0.457 e. The normalized spacial score (nSPS) is 12.1. The first-order chi connectivity index (χ1) is 20.3. The van der Waals surface area contributed by atoms with Crippen molar-refractivity contribution in [2.45, 2.75) is 52.9 Å². The minimum absolute atomic E-state index is 0.308. The Hall–Kier alpha value is -4.55. The molecule has 2 N–H and O–H groups in total. The number of carbonyl (C=O) groups is 2. The van der Waals surface area contributed by atoms with Crippen molar-refractivity contribution in [3.05, 3.63) is 131 Å². The third kappa shape index (κ3) is 8.27. The molecule has 0 aromatic heterocycles. The molecule has 4 rings (SSSR count). The van der Waals surface area contributed by atoms with E-state index in [0.717, 1.165) is 16.7 Å². The summed E-state index contributed by atoms with van der Waals surface area (Å²) in [6, 6.07) is 29.3. The smallest absolute Gasteiger partial charge is 0.414 e. The number of carbonyl (C=O) groups excluding carboxylic acids is 2. The number of rotatable bonds is 8. The van der Waals surface area contributed by atoms with Crippen molar-refractivity contribution in [1.29, 1.82) is 0 Å². The van der Waals surface area contributed by atoms with Crippen LogP contribution < -0.4 is 19.8 Å². The first-order valence-corrected chi connectivity index (χ1v) is 15.6. The summed E-state index contributed by atoms with van der Waals surface area (Å²) in [6.07, 6.45) is 0. The Morgan fingerprint density at radius 2 is 1.21 bits per heavy atom. The molecule has 0 bridgehead atoms. The van der Waals surface area contributed by atoms with Gasteiger partial charge in [-0.2, -0.15) is 0 Å². The Morgan fingerprint density at radius 3 is 1.67 bits per heavy atom. The number of aryl methyl sites for hydroxylation is 3. The predicted molar refractivity (Wildman–Crippen MR) is 169 cm³/mol. The molecule has 4 aromatic rings. The molecule has 3 amide bonds. The third-order valence-corrected chi connectivity index (χ3v) is 8.48. The fourth-order valence-corrected chi connectivity index (χ4v) is 6.37. The van der Waals surface area contributed by atoms with Crippen molar-refractivity contribution >= 4 is 19.5 Å². The SMILES string of the molecule is Cc1ccc(C(NC(=O)NN(C(=O)c2cc(C)cc(C)c2)C(C)(C)C)P(=O)(Oc2ccccc2)Oc2ccccc2)cc1. The highest BCUT2D eigenvalue weighted by atomic mass is 31.2. The number of amides is 3. The zero-order valence-corrected chi connectivity index (χ0v) is 26.2. The summed E-state index contributed by atoms with van der Waals surface area (Å²) in [4.78, 5) is 27.4. The van der Waals surface area contributed by atoms with E-state index in [9.17, 15) is 14.2 Å². The highest BCUT2D eigenvalue weighted by molar-refractivity contribution is 7.55. The number of hydrogen-bond donors (Lipinski definition) is 2. The van der Waals surface area contributed by atoms with Gasteiger partial charge in [0.25, 0.3) is 5.91 Å².